The molecule has 0 N–H and O–H groups in total. The second-order valence-electron chi connectivity index (χ2n) is 3.87. The van der Waals surface area contributed by atoms with E-state index in [-0.39, 0.29) is 5.69 Å². The zero-order valence-corrected chi connectivity index (χ0v) is 9.76. The molecule has 2 rings (SSSR count). The molecule has 104 valence electrons. The van der Waals surface area contributed by atoms with E-state index in [1.54, 1.807) is 6.07 Å². The predicted octanol–water partition coefficient (Wildman–Crippen LogP) is 3.20. The number of nitrogens with zero attached hydrogens (tertiary/aromatic N) is 1. The van der Waals surface area contributed by atoms with Gasteiger partial charge in [-0.3, -0.25) is 9.78 Å². The normalized spacial score (nSPS) is 10.7. The van der Waals surface area contributed by atoms with Gasteiger partial charge in [0.1, 0.15) is 0 Å². The Morgan fingerprint density at radius 1 is 0.900 bits per heavy atom. The first-order valence-electron chi connectivity index (χ1n) is 5.38. The highest BCUT2D eigenvalue weighted by Crippen LogP contribution is 2.24. The van der Waals surface area contributed by atoms with Crippen molar-refractivity contribution in [2.45, 2.75) is 6.42 Å². The lowest BCUT2D eigenvalue weighted by molar-refractivity contribution is 0.0980. The van der Waals surface area contributed by atoms with Gasteiger partial charge in [0.05, 0.1) is 12.0 Å². The molecule has 0 saturated heterocycles. The highest BCUT2D eigenvalue weighted by molar-refractivity contribution is 5.97. The molecule has 0 aliphatic heterocycles. The minimum Gasteiger partial charge on any atom is -0.294 e. The Labute approximate surface area is 109 Å². The van der Waals surface area contributed by atoms with E-state index >= 15 is 0 Å². The van der Waals surface area contributed by atoms with Crippen LogP contribution in [0.3, 0.4) is 0 Å². The van der Waals surface area contributed by atoms with E-state index in [4.69, 9.17) is 0 Å². The Balaban J connectivity index is 2.45. The number of hydrogen-bond acceptors (Lipinski definition) is 2. The van der Waals surface area contributed by atoms with Crippen LogP contribution in [0.4, 0.5) is 22.0 Å². The summed E-state index contributed by atoms with van der Waals surface area (Å²) in [6, 6.07) is 4.46. The molecular formula is C13H6F5NO. The highest BCUT2D eigenvalue weighted by atomic mass is 19.2. The quantitative estimate of drug-likeness (QED) is 0.375. The fourth-order valence-electron chi connectivity index (χ4n) is 1.61. The van der Waals surface area contributed by atoms with E-state index in [9.17, 15) is 26.7 Å². The summed E-state index contributed by atoms with van der Waals surface area (Å²) < 4.78 is 65.6. The van der Waals surface area contributed by atoms with Crippen LogP contribution in [0.5, 0.6) is 0 Å². The van der Waals surface area contributed by atoms with Crippen LogP contribution in [0.15, 0.2) is 24.4 Å². The van der Waals surface area contributed by atoms with Crippen LogP contribution in [0, 0.1) is 29.1 Å². The van der Waals surface area contributed by atoms with E-state index in [2.05, 4.69) is 4.98 Å². The monoisotopic (exact) mass is 287 g/mol. The molecule has 0 unspecified atom stereocenters. The van der Waals surface area contributed by atoms with Crippen LogP contribution in [0.2, 0.25) is 0 Å². The van der Waals surface area contributed by atoms with Gasteiger partial charge in [-0.1, -0.05) is 6.07 Å². The number of carbonyl (C=O) groups excluding carboxylic acids is 1. The topological polar surface area (TPSA) is 30.0 Å². The first-order valence-corrected chi connectivity index (χ1v) is 5.38. The van der Waals surface area contributed by atoms with Crippen LogP contribution >= 0.6 is 0 Å². The number of carbonyl (C=O) groups is 1. The summed E-state index contributed by atoms with van der Waals surface area (Å²) in [6.07, 6.45) is 0.764. The summed E-state index contributed by atoms with van der Waals surface area (Å²) in [7, 11) is 0. The number of rotatable bonds is 3. The molecule has 0 radical (unpaired) electrons. The number of pyridine rings is 1. The lowest BCUT2D eigenvalue weighted by Gasteiger charge is -2.07. The largest absolute Gasteiger partial charge is 0.294 e. The van der Waals surface area contributed by atoms with Gasteiger partial charge >= 0.3 is 0 Å². The Kier molecular flexibility index (Phi) is 3.78. The van der Waals surface area contributed by atoms with E-state index in [0.29, 0.717) is 0 Å². The molecular weight excluding hydrogens is 281 g/mol. The molecule has 0 bridgehead atoms. The van der Waals surface area contributed by atoms with E-state index in [1.807, 2.05) is 0 Å². The number of benzene rings is 1. The number of halogens is 5. The van der Waals surface area contributed by atoms with Crippen molar-refractivity contribution < 1.29 is 26.7 Å². The summed E-state index contributed by atoms with van der Waals surface area (Å²) in [4.78, 5) is 15.4. The van der Waals surface area contributed by atoms with Crippen molar-refractivity contribution in [2.75, 3.05) is 0 Å². The maximum Gasteiger partial charge on any atom is 0.200 e. The summed E-state index contributed by atoms with van der Waals surface area (Å²) in [5.41, 5.74) is -1.30. The zero-order valence-electron chi connectivity index (χ0n) is 9.76. The average molecular weight is 287 g/mol. The first-order chi connectivity index (χ1) is 9.43. The molecule has 0 aliphatic rings. The summed E-state index contributed by atoms with van der Waals surface area (Å²) in [5.74, 6) is -12.1. The van der Waals surface area contributed by atoms with Crippen LogP contribution in [0.25, 0.3) is 0 Å². The van der Waals surface area contributed by atoms with Gasteiger partial charge in [-0.15, -0.1) is 0 Å². The second kappa shape index (κ2) is 5.36. The van der Waals surface area contributed by atoms with Gasteiger partial charge in [0.2, 0.25) is 5.82 Å². The maximum atomic E-state index is 13.4. The van der Waals surface area contributed by atoms with Crippen LogP contribution in [0.1, 0.15) is 16.1 Å². The molecule has 2 nitrogen and oxygen atoms in total. The molecule has 20 heavy (non-hydrogen) atoms. The molecule has 0 aliphatic carbocycles. The predicted molar refractivity (Wildman–Crippen MR) is 58.5 cm³/mol. The summed E-state index contributed by atoms with van der Waals surface area (Å²) in [5, 5.41) is 0. The molecule has 0 amide bonds. The fraction of sp³-hybridized carbons (Fsp3) is 0.0769. The van der Waals surface area contributed by atoms with Gasteiger partial charge in [-0.05, 0) is 12.1 Å². The lowest BCUT2D eigenvalue weighted by Crippen LogP contribution is -2.15. The molecule has 1 aromatic heterocycles. The molecule has 0 fully saturated rings. The fourth-order valence-corrected chi connectivity index (χ4v) is 1.61. The SMILES string of the molecule is O=C(Cc1ccccn1)c1c(F)c(F)c(F)c(F)c1F. The molecule has 2 aromatic rings. The molecule has 7 heteroatoms. The Hall–Kier alpha value is -2.31. The molecule has 1 heterocycles. The van der Waals surface area contributed by atoms with Crippen molar-refractivity contribution in [2.24, 2.45) is 0 Å². The first kappa shape index (κ1) is 14.1. The summed E-state index contributed by atoms with van der Waals surface area (Å²) >= 11 is 0. The molecule has 0 atom stereocenters. The van der Waals surface area contributed by atoms with E-state index < -0.39 is 46.9 Å². The number of aromatic nitrogens is 1. The lowest BCUT2D eigenvalue weighted by atomic mass is 10.0. The van der Waals surface area contributed by atoms with E-state index in [1.165, 1.54) is 18.3 Å². The Morgan fingerprint density at radius 2 is 1.45 bits per heavy atom. The third-order valence-electron chi connectivity index (χ3n) is 2.56. The van der Waals surface area contributed by atoms with Gasteiger partial charge in [-0.25, -0.2) is 22.0 Å². The van der Waals surface area contributed by atoms with Gasteiger partial charge in [0.15, 0.2) is 29.1 Å². The van der Waals surface area contributed by atoms with Gasteiger partial charge in [-0.2, -0.15) is 0 Å². The Morgan fingerprint density at radius 3 is 1.95 bits per heavy atom. The standard InChI is InChI=1S/C13H6F5NO/c14-9-8(10(15)12(17)13(18)11(9)16)7(20)5-6-3-1-2-4-19-6/h1-4H,5H2. The minimum atomic E-state index is -2.30. The smallest absolute Gasteiger partial charge is 0.200 e. The molecule has 0 saturated carbocycles. The van der Waals surface area contributed by atoms with Crippen molar-refractivity contribution in [1.82, 2.24) is 4.98 Å². The van der Waals surface area contributed by atoms with E-state index in [0.717, 1.165) is 0 Å². The number of Topliss-reactive ketones (excluding diaryl/α,β-unsaturated/α-hetero) is 1. The van der Waals surface area contributed by atoms with Crippen molar-refractivity contribution in [3.63, 3.8) is 0 Å². The van der Waals surface area contributed by atoms with Crippen molar-refractivity contribution in [3.8, 4) is 0 Å². The third kappa shape index (κ3) is 2.38. The Bertz CT molecular complexity index is 643. The van der Waals surface area contributed by atoms with Gasteiger partial charge in [0.25, 0.3) is 0 Å². The van der Waals surface area contributed by atoms with Crippen LogP contribution in [-0.4, -0.2) is 10.8 Å². The van der Waals surface area contributed by atoms with Crippen LogP contribution < -0.4 is 0 Å². The zero-order chi connectivity index (χ0) is 14.9. The number of hydrogen-bond donors (Lipinski definition) is 0. The van der Waals surface area contributed by atoms with Crippen molar-refractivity contribution in [1.29, 1.82) is 0 Å². The number of ketones is 1. The average Bonchev–Trinajstić information content (AvgIpc) is 2.44. The minimum absolute atomic E-state index is 0.154. The second-order valence-corrected chi connectivity index (χ2v) is 3.87. The van der Waals surface area contributed by atoms with Gasteiger partial charge in [0, 0.05) is 11.9 Å². The third-order valence-corrected chi connectivity index (χ3v) is 2.56. The van der Waals surface area contributed by atoms with Crippen molar-refractivity contribution in [3.05, 3.63) is 64.7 Å². The van der Waals surface area contributed by atoms with Gasteiger partial charge < -0.3 is 0 Å². The molecule has 0 spiro atoms. The van der Waals surface area contributed by atoms with Crippen LogP contribution in [-0.2, 0) is 6.42 Å². The summed E-state index contributed by atoms with van der Waals surface area (Å²) in [6.45, 7) is 0. The highest BCUT2D eigenvalue weighted by Gasteiger charge is 2.29. The maximum absolute atomic E-state index is 13.4. The molecule has 1 aromatic carbocycles. The van der Waals surface area contributed by atoms with Crippen molar-refractivity contribution >= 4 is 5.78 Å².